The molecule has 0 bridgehead atoms. The molecular weight excluding hydrogens is 370 g/mol. The van der Waals surface area contributed by atoms with Crippen LogP contribution in [0.4, 0.5) is 0 Å². The first-order valence-corrected chi connectivity index (χ1v) is 11.9. The van der Waals surface area contributed by atoms with Crippen LogP contribution in [0.2, 0.25) is 0 Å². The fourth-order valence-corrected chi connectivity index (χ4v) is 5.20. The third kappa shape index (κ3) is 5.22. The number of carbonyl (C=O) groups is 1. The van der Waals surface area contributed by atoms with Crippen molar-refractivity contribution in [2.45, 2.75) is 51.5 Å². The smallest absolute Gasteiger partial charge is 0.223 e. The summed E-state index contributed by atoms with van der Waals surface area (Å²) in [5, 5.41) is 5.86. The zero-order chi connectivity index (χ0) is 20.8. The average molecular weight is 408 g/mol. The molecule has 1 N–H and O–H groups in total. The van der Waals surface area contributed by atoms with Gasteiger partial charge in [-0.2, -0.15) is 0 Å². The predicted octanol–water partition coefficient (Wildman–Crippen LogP) is 4.61. The van der Waals surface area contributed by atoms with Crippen LogP contribution in [0.3, 0.4) is 0 Å². The van der Waals surface area contributed by atoms with E-state index in [1.54, 1.807) is 0 Å². The minimum atomic E-state index is 0.177. The molecule has 0 aromatic heterocycles. The number of hydrogen-bond acceptors (Lipinski definition) is 3. The van der Waals surface area contributed by atoms with Crippen LogP contribution >= 0.6 is 0 Å². The maximum absolute atomic E-state index is 12.6. The molecule has 0 radical (unpaired) electrons. The lowest BCUT2D eigenvalue weighted by Gasteiger charge is -2.36. The number of carbonyl (C=O) groups excluding carboxylic acids is 1. The van der Waals surface area contributed by atoms with E-state index in [9.17, 15) is 4.79 Å². The van der Waals surface area contributed by atoms with E-state index in [1.165, 1.54) is 48.7 Å². The number of nitrogens with one attached hydrogen (secondary N) is 1. The van der Waals surface area contributed by atoms with Crippen molar-refractivity contribution in [2.75, 3.05) is 39.3 Å². The Labute approximate surface area is 181 Å². The van der Waals surface area contributed by atoms with Crippen LogP contribution in [0.5, 0.6) is 0 Å². The van der Waals surface area contributed by atoms with Crippen LogP contribution in [-0.2, 0) is 4.79 Å². The van der Waals surface area contributed by atoms with Gasteiger partial charge in [0, 0.05) is 18.5 Å². The zero-order valence-electron chi connectivity index (χ0n) is 18.5. The first-order valence-electron chi connectivity index (χ1n) is 11.9. The summed E-state index contributed by atoms with van der Waals surface area (Å²) in [6.07, 6.45) is 7.05. The number of hydrogen-bond donors (Lipinski definition) is 1. The van der Waals surface area contributed by atoms with Crippen molar-refractivity contribution >= 4 is 16.7 Å². The molecule has 4 rings (SSSR count). The van der Waals surface area contributed by atoms with E-state index in [4.69, 9.17) is 0 Å². The highest BCUT2D eigenvalue weighted by molar-refractivity contribution is 5.86. The van der Waals surface area contributed by atoms with Crippen LogP contribution in [0.25, 0.3) is 10.8 Å². The van der Waals surface area contributed by atoms with Gasteiger partial charge in [-0.05, 0) is 88.1 Å². The molecule has 2 aliphatic heterocycles. The maximum Gasteiger partial charge on any atom is 0.223 e. The van der Waals surface area contributed by atoms with Gasteiger partial charge in [0.15, 0.2) is 0 Å². The molecule has 2 aliphatic rings. The Bertz CT molecular complexity index is 817. The number of fused-ring (bicyclic) bond motifs is 1. The summed E-state index contributed by atoms with van der Waals surface area (Å²) in [6.45, 7) is 8.72. The molecule has 1 unspecified atom stereocenters. The third-order valence-corrected chi connectivity index (χ3v) is 7.12. The Morgan fingerprint density at radius 3 is 2.53 bits per heavy atom. The molecule has 30 heavy (non-hydrogen) atoms. The Balaban J connectivity index is 1.22. The molecule has 162 valence electrons. The van der Waals surface area contributed by atoms with Gasteiger partial charge in [-0.15, -0.1) is 0 Å². The van der Waals surface area contributed by atoms with E-state index in [-0.39, 0.29) is 11.8 Å². The number of likely N-dealkylation sites (tertiary alicyclic amines) is 2. The second kappa shape index (κ2) is 10.4. The number of benzene rings is 2. The molecule has 4 heteroatoms. The Morgan fingerprint density at radius 2 is 1.73 bits per heavy atom. The van der Waals surface area contributed by atoms with E-state index in [0.717, 1.165) is 45.4 Å². The van der Waals surface area contributed by atoms with Gasteiger partial charge in [0.2, 0.25) is 5.91 Å². The fourth-order valence-electron chi connectivity index (χ4n) is 5.20. The van der Waals surface area contributed by atoms with Crippen molar-refractivity contribution in [1.29, 1.82) is 0 Å². The molecule has 0 aliphatic carbocycles. The Hall–Kier alpha value is -1.91. The lowest BCUT2D eigenvalue weighted by Crippen LogP contribution is -2.42. The normalized spacial score (nSPS) is 20.3. The molecule has 1 atom stereocenters. The monoisotopic (exact) mass is 407 g/mol. The van der Waals surface area contributed by atoms with Crippen LogP contribution in [-0.4, -0.2) is 55.0 Å². The number of nitrogens with zero attached hydrogens (tertiary/aromatic N) is 2. The summed E-state index contributed by atoms with van der Waals surface area (Å²) in [7, 11) is 0. The highest BCUT2D eigenvalue weighted by Crippen LogP contribution is 2.31. The first-order chi connectivity index (χ1) is 14.7. The minimum absolute atomic E-state index is 0.177. The van der Waals surface area contributed by atoms with E-state index in [2.05, 4.69) is 64.5 Å². The van der Waals surface area contributed by atoms with Crippen LogP contribution in [0.15, 0.2) is 42.5 Å². The first kappa shape index (κ1) is 21.3. The van der Waals surface area contributed by atoms with Gasteiger partial charge in [-0.25, -0.2) is 0 Å². The van der Waals surface area contributed by atoms with Gasteiger partial charge in [0.1, 0.15) is 0 Å². The van der Waals surface area contributed by atoms with Crippen molar-refractivity contribution in [3.63, 3.8) is 0 Å². The molecule has 1 amide bonds. The Morgan fingerprint density at radius 1 is 1.00 bits per heavy atom. The number of amides is 1. The third-order valence-electron chi connectivity index (χ3n) is 7.12. The van der Waals surface area contributed by atoms with E-state index < -0.39 is 0 Å². The average Bonchev–Trinajstić information content (AvgIpc) is 2.81. The second-order valence-corrected chi connectivity index (χ2v) is 9.10. The molecule has 2 aromatic rings. The molecule has 0 saturated carbocycles. The summed E-state index contributed by atoms with van der Waals surface area (Å²) in [5.41, 5.74) is 1.40. The second-order valence-electron chi connectivity index (χ2n) is 9.10. The SMILES string of the molecule is CC(c1cccc2ccccc12)N1CCC(C(=O)NCCCN2CCCCC2)CC1. The molecule has 4 nitrogen and oxygen atoms in total. The van der Waals surface area contributed by atoms with Crippen molar-refractivity contribution in [3.8, 4) is 0 Å². The van der Waals surface area contributed by atoms with Crippen LogP contribution in [0, 0.1) is 5.92 Å². The zero-order valence-corrected chi connectivity index (χ0v) is 18.5. The quantitative estimate of drug-likeness (QED) is 0.681. The highest BCUT2D eigenvalue weighted by Gasteiger charge is 2.28. The lowest BCUT2D eigenvalue weighted by atomic mass is 9.92. The van der Waals surface area contributed by atoms with Crippen LogP contribution in [0.1, 0.15) is 57.1 Å². The van der Waals surface area contributed by atoms with E-state index in [0.29, 0.717) is 6.04 Å². The molecule has 2 aromatic carbocycles. The summed E-state index contributed by atoms with van der Waals surface area (Å²) in [6, 6.07) is 15.6. The standard InChI is InChI=1S/C26H37N3O/c1-21(24-12-7-10-22-9-3-4-11-25(22)24)29-19-13-23(14-20-29)26(30)27-15-8-18-28-16-5-2-6-17-28/h3-4,7,9-12,21,23H,2,5-6,8,13-20H2,1H3,(H,27,30). The highest BCUT2D eigenvalue weighted by atomic mass is 16.1. The summed E-state index contributed by atoms with van der Waals surface area (Å²) in [4.78, 5) is 17.7. The van der Waals surface area contributed by atoms with Gasteiger partial charge in [0.05, 0.1) is 0 Å². The maximum atomic E-state index is 12.6. The summed E-state index contributed by atoms with van der Waals surface area (Å²) >= 11 is 0. The van der Waals surface area contributed by atoms with Gasteiger partial charge < -0.3 is 10.2 Å². The molecular formula is C26H37N3O. The summed E-state index contributed by atoms with van der Waals surface area (Å²) < 4.78 is 0. The van der Waals surface area contributed by atoms with Crippen molar-refractivity contribution < 1.29 is 4.79 Å². The van der Waals surface area contributed by atoms with Gasteiger partial charge >= 0.3 is 0 Å². The van der Waals surface area contributed by atoms with Crippen molar-refractivity contribution in [3.05, 3.63) is 48.0 Å². The van der Waals surface area contributed by atoms with Gasteiger partial charge in [0.25, 0.3) is 0 Å². The largest absolute Gasteiger partial charge is 0.356 e. The van der Waals surface area contributed by atoms with Gasteiger partial charge in [-0.1, -0.05) is 48.9 Å². The Kier molecular flexibility index (Phi) is 7.40. The molecule has 2 fully saturated rings. The lowest BCUT2D eigenvalue weighted by molar-refractivity contribution is -0.126. The summed E-state index contributed by atoms with van der Waals surface area (Å²) in [5.74, 6) is 0.446. The van der Waals surface area contributed by atoms with Crippen LogP contribution < -0.4 is 5.32 Å². The molecule has 2 heterocycles. The van der Waals surface area contributed by atoms with Crippen molar-refractivity contribution in [1.82, 2.24) is 15.1 Å². The minimum Gasteiger partial charge on any atom is -0.356 e. The molecule has 0 spiro atoms. The number of rotatable bonds is 7. The van der Waals surface area contributed by atoms with E-state index >= 15 is 0 Å². The fraction of sp³-hybridized carbons (Fsp3) is 0.577. The van der Waals surface area contributed by atoms with Crippen molar-refractivity contribution in [2.24, 2.45) is 5.92 Å². The topological polar surface area (TPSA) is 35.6 Å². The number of piperidine rings is 2. The molecule has 2 saturated heterocycles. The predicted molar refractivity (Wildman–Crippen MR) is 125 cm³/mol. The van der Waals surface area contributed by atoms with Gasteiger partial charge in [-0.3, -0.25) is 9.69 Å². The van der Waals surface area contributed by atoms with E-state index in [1.807, 2.05) is 0 Å².